The van der Waals surface area contributed by atoms with Gasteiger partial charge in [-0.05, 0) is 64.7 Å². The molecule has 1 aliphatic carbocycles. The van der Waals surface area contributed by atoms with Gasteiger partial charge < -0.3 is 8.98 Å². The molecule has 53 heavy (non-hydrogen) atoms. The van der Waals surface area contributed by atoms with Crippen LogP contribution in [0.4, 0.5) is 0 Å². The van der Waals surface area contributed by atoms with Crippen molar-refractivity contribution in [3.05, 3.63) is 169 Å². The molecule has 0 atom stereocenters. The third-order valence-electron chi connectivity index (χ3n) is 10.7. The van der Waals surface area contributed by atoms with Crippen LogP contribution in [0.1, 0.15) is 31.8 Å². The van der Waals surface area contributed by atoms with Crippen molar-refractivity contribution in [2.24, 2.45) is 0 Å². The smallest absolute Gasteiger partial charge is 0.164 e. The standard InChI is InChI=1S/C48H32N4O/c1-48(2)37-20-11-9-18-32(37)35-28-41-36(27-38(35)48)33-19-10-12-21-39(33)52(41)40-22-13-23-42-44(40)34-25-24-31(26-43(34)53-42)47-50-45(29-14-5-3-6-15-29)49-46(51-47)30-16-7-4-8-17-30/h3-28H,1-2H3/i3D,5D,6D,14D,15D. The number of nitrogens with zero attached hydrogens (tertiary/aromatic N) is 4. The van der Waals surface area contributed by atoms with Crippen LogP contribution in [0.3, 0.4) is 0 Å². The van der Waals surface area contributed by atoms with Crippen molar-refractivity contribution >= 4 is 43.7 Å². The molecule has 1 aliphatic rings. The van der Waals surface area contributed by atoms with E-state index in [4.69, 9.17) is 21.2 Å². The van der Waals surface area contributed by atoms with Crippen molar-refractivity contribution in [3.63, 3.8) is 0 Å². The van der Waals surface area contributed by atoms with Crippen LogP contribution < -0.4 is 0 Å². The second-order valence-electron chi connectivity index (χ2n) is 14.1. The molecule has 0 N–H and O–H groups in total. The van der Waals surface area contributed by atoms with Crippen LogP contribution in [-0.4, -0.2) is 19.5 Å². The third kappa shape index (κ3) is 4.40. The minimum Gasteiger partial charge on any atom is -0.456 e. The van der Waals surface area contributed by atoms with Crippen molar-refractivity contribution in [2.75, 3.05) is 0 Å². The zero-order valence-electron chi connectivity index (χ0n) is 33.8. The van der Waals surface area contributed by atoms with Crippen LogP contribution in [0.2, 0.25) is 0 Å². The first kappa shape index (κ1) is 25.2. The second kappa shape index (κ2) is 11.1. The summed E-state index contributed by atoms with van der Waals surface area (Å²) in [6.45, 7) is 4.62. The molecule has 0 amide bonds. The molecule has 0 bridgehead atoms. The highest BCUT2D eigenvalue weighted by molar-refractivity contribution is 6.15. The quantitative estimate of drug-likeness (QED) is 0.185. The van der Waals surface area contributed by atoms with Crippen molar-refractivity contribution in [1.82, 2.24) is 19.5 Å². The van der Waals surface area contributed by atoms with E-state index in [1.807, 2.05) is 60.7 Å². The van der Waals surface area contributed by atoms with E-state index in [0.29, 0.717) is 22.5 Å². The molecule has 0 unspecified atom stereocenters. The lowest BCUT2D eigenvalue weighted by Gasteiger charge is -2.21. The molecule has 0 saturated heterocycles. The number of aromatic nitrogens is 4. The summed E-state index contributed by atoms with van der Waals surface area (Å²) >= 11 is 0. The van der Waals surface area contributed by atoms with Gasteiger partial charge in [0.25, 0.3) is 0 Å². The Labute approximate surface area is 312 Å². The normalized spacial score (nSPS) is 14.6. The largest absolute Gasteiger partial charge is 0.456 e. The molecular formula is C48H32N4O. The summed E-state index contributed by atoms with van der Waals surface area (Å²) in [5.74, 6) is 0.567. The van der Waals surface area contributed by atoms with Gasteiger partial charge in [-0.1, -0.05) is 129 Å². The molecule has 250 valence electrons. The first-order valence-electron chi connectivity index (χ1n) is 20.1. The highest BCUT2D eigenvalue weighted by atomic mass is 16.3. The van der Waals surface area contributed by atoms with Crippen LogP contribution in [0.25, 0.3) is 94.7 Å². The number of hydrogen-bond donors (Lipinski definition) is 0. The fraction of sp³-hybridized carbons (Fsp3) is 0.0625. The first-order chi connectivity index (χ1) is 28.1. The predicted molar refractivity (Wildman–Crippen MR) is 215 cm³/mol. The van der Waals surface area contributed by atoms with Crippen molar-refractivity contribution in [2.45, 2.75) is 19.3 Å². The average molecular weight is 686 g/mol. The topological polar surface area (TPSA) is 56.7 Å². The van der Waals surface area contributed by atoms with E-state index in [1.54, 1.807) is 0 Å². The Morgan fingerprint density at radius 1 is 0.528 bits per heavy atom. The van der Waals surface area contributed by atoms with Crippen molar-refractivity contribution < 1.29 is 11.3 Å². The average Bonchev–Trinajstić information content (AvgIpc) is 3.86. The number of para-hydroxylation sites is 1. The van der Waals surface area contributed by atoms with E-state index < -0.39 is 18.1 Å². The summed E-state index contributed by atoms with van der Waals surface area (Å²) in [6, 6.07) is 41.2. The Balaban J connectivity index is 1.12. The lowest BCUT2D eigenvalue weighted by Crippen LogP contribution is -2.14. The second-order valence-corrected chi connectivity index (χ2v) is 14.1. The monoisotopic (exact) mass is 685 g/mol. The number of rotatable bonds is 4. The molecule has 3 aromatic heterocycles. The van der Waals surface area contributed by atoms with Crippen molar-refractivity contribution in [3.8, 4) is 51.0 Å². The summed E-state index contributed by atoms with van der Waals surface area (Å²) in [7, 11) is 0. The maximum Gasteiger partial charge on any atom is 0.164 e. The number of benzene rings is 7. The van der Waals surface area contributed by atoms with E-state index >= 15 is 0 Å². The Kier molecular flexibility index (Phi) is 5.26. The van der Waals surface area contributed by atoms with Crippen LogP contribution in [-0.2, 0) is 5.41 Å². The number of fused-ring (bicyclic) bond motifs is 9. The van der Waals surface area contributed by atoms with Gasteiger partial charge >= 0.3 is 0 Å². The van der Waals surface area contributed by atoms with Crippen LogP contribution in [0.5, 0.6) is 0 Å². The first-order valence-corrected chi connectivity index (χ1v) is 17.6. The molecule has 10 aromatic rings. The summed E-state index contributed by atoms with van der Waals surface area (Å²) < 4.78 is 51.1. The van der Waals surface area contributed by atoms with Gasteiger partial charge in [0.15, 0.2) is 17.5 Å². The maximum atomic E-state index is 8.67. The molecule has 0 saturated carbocycles. The summed E-state index contributed by atoms with van der Waals surface area (Å²) in [5.41, 5.74) is 10.8. The predicted octanol–water partition coefficient (Wildman–Crippen LogP) is 12.2. The number of furan rings is 1. The van der Waals surface area contributed by atoms with E-state index in [1.165, 1.54) is 33.0 Å². The Bertz CT molecular complexity index is 3360. The van der Waals surface area contributed by atoms with E-state index in [9.17, 15) is 0 Å². The lowest BCUT2D eigenvalue weighted by atomic mass is 9.82. The Morgan fingerprint density at radius 2 is 1.26 bits per heavy atom. The number of hydrogen-bond acceptors (Lipinski definition) is 4. The summed E-state index contributed by atoms with van der Waals surface area (Å²) in [4.78, 5) is 14.2. The summed E-state index contributed by atoms with van der Waals surface area (Å²) in [5, 5.41) is 4.25. The van der Waals surface area contributed by atoms with Crippen LogP contribution in [0, 0.1) is 0 Å². The third-order valence-corrected chi connectivity index (χ3v) is 10.7. The molecule has 0 spiro atoms. The van der Waals surface area contributed by atoms with Crippen molar-refractivity contribution in [1.29, 1.82) is 0 Å². The highest BCUT2D eigenvalue weighted by Crippen LogP contribution is 2.51. The molecular weight excluding hydrogens is 649 g/mol. The van der Waals surface area contributed by atoms with Gasteiger partial charge in [0.2, 0.25) is 0 Å². The van der Waals surface area contributed by atoms with Gasteiger partial charge in [-0.25, -0.2) is 15.0 Å². The minimum absolute atomic E-state index is 0.0169. The summed E-state index contributed by atoms with van der Waals surface area (Å²) in [6.07, 6.45) is 0. The van der Waals surface area contributed by atoms with Gasteiger partial charge in [0.05, 0.1) is 29.0 Å². The fourth-order valence-electron chi connectivity index (χ4n) is 8.25. The van der Waals surface area contributed by atoms with Gasteiger partial charge in [-0.2, -0.15) is 0 Å². The zero-order valence-corrected chi connectivity index (χ0v) is 28.8. The van der Waals surface area contributed by atoms with Gasteiger partial charge in [-0.15, -0.1) is 0 Å². The van der Waals surface area contributed by atoms with E-state index in [-0.39, 0.29) is 34.7 Å². The highest BCUT2D eigenvalue weighted by Gasteiger charge is 2.36. The Hall–Kier alpha value is -6.85. The van der Waals surface area contributed by atoms with Gasteiger partial charge in [0, 0.05) is 38.3 Å². The molecule has 0 aliphatic heterocycles. The zero-order chi connectivity index (χ0) is 39.6. The molecule has 5 nitrogen and oxygen atoms in total. The molecule has 3 heterocycles. The molecule has 11 rings (SSSR count). The SMILES string of the molecule is [2H]c1c([2H])c([2H])c(-c2nc(-c3ccccc3)nc(-c3ccc4c(c3)oc3cccc(-n5c6ccccc6c6cc7c(cc65)-c5ccccc5C7(C)C)c34)n2)c([2H])c1[2H]. The fourth-order valence-corrected chi connectivity index (χ4v) is 8.25. The van der Waals surface area contributed by atoms with Gasteiger partial charge in [0.1, 0.15) is 11.2 Å². The molecule has 7 aromatic carbocycles. The van der Waals surface area contributed by atoms with Crippen LogP contribution in [0.15, 0.2) is 162 Å². The minimum atomic E-state index is -0.481. The maximum absolute atomic E-state index is 8.67. The van der Waals surface area contributed by atoms with Crippen LogP contribution >= 0.6 is 0 Å². The molecule has 5 heteroatoms. The van der Waals surface area contributed by atoms with E-state index in [0.717, 1.165) is 33.1 Å². The lowest BCUT2D eigenvalue weighted by molar-refractivity contribution is 0.661. The Morgan fingerprint density at radius 3 is 2.11 bits per heavy atom. The molecule has 0 fully saturated rings. The van der Waals surface area contributed by atoms with Gasteiger partial charge in [-0.3, -0.25) is 0 Å². The molecule has 0 radical (unpaired) electrons. The van der Waals surface area contributed by atoms with E-state index in [2.05, 4.69) is 90.1 Å².